The molecule has 1 heterocycles. The Labute approximate surface area is 106 Å². The van der Waals surface area contributed by atoms with Gasteiger partial charge in [-0.05, 0) is 31.0 Å². The average molecular weight is 234 g/mol. The highest BCUT2D eigenvalue weighted by Crippen LogP contribution is 2.04. The molecule has 0 saturated heterocycles. The van der Waals surface area contributed by atoms with Gasteiger partial charge in [0.1, 0.15) is 0 Å². The molecule has 0 aromatic carbocycles. The van der Waals surface area contributed by atoms with E-state index in [1.165, 1.54) is 49.7 Å². The van der Waals surface area contributed by atoms with Crippen LogP contribution in [0.25, 0.3) is 0 Å². The van der Waals surface area contributed by atoms with Crippen molar-refractivity contribution in [3.8, 4) is 0 Å². The molecule has 1 rings (SSSR count). The van der Waals surface area contributed by atoms with Gasteiger partial charge in [-0.2, -0.15) is 0 Å². The molecular weight excluding hydrogens is 208 g/mol. The predicted octanol–water partition coefficient (Wildman–Crippen LogP) is 3.84. The van der Waals surface area contributed by atoms with Crippen LogP contribution in [0, 0.1) is 6.92 Å². The predicted molar refractivity (Wildman–Crippen MR) is 74.1 cm³/mol. The molecule has 0 saturated carbocycles. The van der Waals surface area contributed by atoms with Gasteiger partial charge in [0.15, 0.2) is 0 Å². The maximum absolute atomic E-state index is 4.19. The van der Waals surface area contributed by atoms with Crippen LogP contribution in [0.4, 0.5) is 0 Å². The first-order valence-corrected chi connectivity index (χ1v) is 6.94. The Hall–Kier alpha value is -0.890. The normalized spacial score (nSPS) is 10.7. The Kier molecular flexibility index (Phi) is 7.65. The standard InChI is InChI=1S/C15H26N2/c1-3-4-5-6-7-8-9-16-12-15-10-14(2)11-17-13-15/h10-11,13,16H,3-9,12H2,1-2H3. The molecule has 0 atom stereocenters. The summed E-state index contributed by atoms with van der Waals surface area (Å²) in [7, 11) is 0. The molecular formula is C15H26N2. The van der Waals surface area contributed by atoms with E-state index >= 15 is 0 Å². The zero-order chi connectivity index (χ0) is 12.3. The van der Waals surface area contributed by atoms with E-state index in [2.05, 4.69) is 30.2 Å². The van der Waals surface area contributed by atoms with Gasteiger partial charge in [-0.3, -0.25) is 4.98 Å². The molecule has 0 spiro atoms. The number of unbranched alkanes of at least 4 members (excludes halogenated alkanes) is 5. The zero-order valence-corrected chi connectivity index (χ0v) is 11.3. The summed E-state index contributed by atoms with van der Waals surface area (Å²) < 4.78 is 0. The van der Waals surface area contributed by atoms with Gasteiger partial charge in [-0.25, -0.2) is 0 Å². The average Bonchev–Trinajstić information content (AvgIpc) is 2.33. The fourth-order valence-corrected chi connectivity index (χ4v) is 1.98. The lowest BCUT2D eigenvalue weighted by molar-refractivity contribution is 0.571. The number of hydrogen-bond donors (Lipinski definition) is 1. The zero-order valence-electron chi connectivity index (χ0n) is 11.3. The van der Waals surface area contributed by atoms with Gasteiger partial charge in [0.2, 0.25) is 0 Å². The van der Waals surface area contributed by atoms with E-state index in [0.29, 0.717) is 0 Å². The fraction of sp³-hybridized carbons (Fsp3) is 0.667. The molecule has 17 heavy (non-hydrogen) atoms. The quantitative estimate of drug-likeness (QED) is 0.657. The van der Waals surface area contributed by atoms with E-state index in [1.54, 1.807) is 0 Å². The minimum absolute atomic E-state index is 0.948. The molecule has 0 unspecified atom stereocenters. The van der Waals surface area contributed by atoms with Crippen LogP contribution >= 0.6 is 0 Å². The van der Waals surface area contributed by atoms with Crippen molar-refractivity contribution in [1.29, 1.82) is 0 Å². The van der Waals surface area contributed by atoms with Crippen LogP contribution in [-0.2, 0) is 6.54 Å². The summed E-state index contributed by atoms with van der Waals surface area (Å²) in [6, 6.07) is 2.20. The summed E-state index contributed by atoms with van der Waals surface area (Å²) >= 11 is 0. The Bertz CT molecular complexity index is 297. The van der Waals surface area contributed by atoms with Crippen molar-refractivity contribution >= 4 is 0 Å². The van der Waals surface area contributed by atoms with Crippen LogP contribution in [0.5, 0.6) is 0 Å². The molecule has 0 radical (unpaired) electrons. The fourth-order valence-electron chi connectivity index (χ4n) is 1.98. The first kappa shape index (κ1) is 14.2. The lowest BCUT2D eigenvalue weighted by Gasteiger charge is -2.05. The summed E-state index contributed by atoms with van der Waals surface area (Å²) in [6.07, 6.45) is 12.0. The Morgan fingerprint density at radius 1 is 1.06 bits per heavy atom. The van der Waals surface area contributed by atoms with E-state index in [-0.39, 0.29) is 0 Å². The van der Waals surface area contributed by atoms with Crippen LogP contribution in [0.15, 0.2) is 18.5 Å². The van der Waals surface area contributed by atoms with Crippen LogP contribution < -0.4 is 5.32 Å². The van der Waals surface area contributed by atoms with Crippen molar-refractivity contribution in [2.24, 2.45) is 0 Å². The number of nitrogens with zero attached hydrogens (tertiary/aromatic N) is 1. The molecule has 1 aromatic heterocycles. The van der Waals surface area contributed by atoms with Gasteiger partial charge in [-0.15, -0.1) is 0 Å². The molecule has 0 amide bonds. The summed E-state index contributed by atoms with van der Waals surface area (Å²) in [5.41, 5.74) is 2.53. The summed E-state index contributed by atoms with van der Waals surface area (Å²) in [4.78, 5) is 4.19. The van der Waals surface area contributed by atoms with Crippen molar-refractivity contribution in [3.63, 3.8) is 0 Å². The van der Waals surface area contributed by atoms with E-state index < -0.39 is 0 Å². The van der Waals surface area contributed by atoms with Crippen LogP contribution in [0.2, 0.25) is 0 Å². The number of hydrogen-bond acceptors (Lipinski definition) is 2. The van der Waals surface area contributed by atoms with E-state index in [4.69, 9.17) is 0 Å². The van der Waals surface area contributed by atoms with Crippen LogP contribution in [0.3, 0.4) is 0 Å². The molecule has 1 aromatic rings. The van der Waals surface area contributed by atoms with Crippen molar-refractivity contribution in [2.75, 3.05) is 6.54 Å². The number of aromatic nitrogens is 1. The molecule has 2 heteroatoms. The highest BCUT2D eigenvalue weighted by atomic mass is 14.8. The number of pyridine rings is 1. The first-order valence-electron chi connectivity index (χ1n) is 6.94. The number of aryl methyl sites for hydroxylation is 1. The summed E-state index contributed by atoms with van der Waals surface area (Å²) in [5.74, 6) is 0. The van der Waals surface area contributed by atoms with Gasteiger partial charge >= 0.3 is 0 Å². The Morgan fingerprint density at radius 2 is 1.82 bits per heavy atom. The maximum Gasteiger partial charge on any atom is 0.0313 e. The second kappa shape index (κ2) is 9.17. The second-order valence-electron chi connectivity index (χ2n) is 4.82. The second-order valence-corrected chi connectivity index (χ2v) is 4.82. The van der Waals surface area contributed by atoms with Gasteiger partial charge in [0.25, 0.3) is 0 Å². The molecule has 1 N–H and O–H groups in total. The van der Waals surface area contributed by atoms with Gasteiger partial charge < -0.3 is 5.32 Å². The molecule has 0 aliphatic heterocycles. The molecule has 0 aliphatic carbocycles. The van der Waals surface area contributed by atoms with Gasteiger partial charge in [0, 0.05) is 18.9 Å². The lowest BCUT2D eigenvalue weighted by Crippen LogP contribution is -2.14. The Morgan fingerprint density at radius 3 is 2.59 bits per heavy atom. The third-order valence-electron chi connectivity index (χ3n) is 2.97. The van der Waals surface area contributed by atoms with E-state index in [1.807, 2.05) is 12.4 Å². The van der Waals surface area contributed by atoms with Crippen LogP contribution in [-0.4, -0.2) is 11.5 Å². The molecule has 96 valence electrons. The minimum Gasteiger partial charge on any atom is -0.313 e. The smallest absolute Gasteiger partial charge is 0.0313 e. The first-order chi connectivity index (χ1) is 8.33. The highest BCUT2D eigenvalue weighted by molar-refractivity contribution is 5.16. The van der Waals surface area contributed by atoms with E-state index in [0.717, 1.165) is 13.1 Å². The topological polar surface area (TPSA) is 24.9 Å². The third kappa shape index (κ3) is 7.11. The van der Waals surface area contributed by atoms with Crippen molar-refractivity contribution in [3.05, 3.63) is 29.6 Å². The van der Waals surface area contributed by atoms with Crippen molar-refractivity contribution < 1.29 is 0 Å². The lowest BCUT2D eigenvalue weighted by atomic mass is 10.1. The van der Waals surface area contributed by atoms with Gasteiger partial charge in [0.05, 0.1) is 0 Å². The number of nitrogens with one attached hydrogen (secondary N) is 1. The molecule has 0 fully saturated rings. The third-order valence-corrected chi connectivity index (χ3v) is 2.97. The van der Waals surface area contributed by atoms with E-state index in [9.17, 15) is 0 Å². The molecule has 0 bridgehead atoms. The number of rotatable bonds is 9. The Balaban J connectivity index is 1.97. The van der Waals surface area contributed by atoms with Crippen LogP contribution in [0.1, 0.15) is 56.6 Å². The van der Waals surface area contributed by atoms with Crippen molar-refractivity contribution in [1.82, 2.24) is 10.3 Å². The highest BCUT2D eigenvalue weighted by Gasteiger charge is 1.94. The molecule has 2 nitrogen and oxygen atoms in total. The van der Waals surface area contributed by atoms with Gasteiger partial charge in [-0.1, -0.05) is 45.1 Å². The largest absolute Gasteiger partial charge is 0.313 e. The van der Waals surface area contributed by atoms with Crippen molar-refractivity contribution in [2.45, 2.75) is 58.9 Å². The summed E-state index contributed by atoms with van der Waals surface area (Å²) in [5, 5.41) is 3.48. The summed E-state index contributed by atoms with van der Waals surface area (Å²) in [6.45, 7) is 6.42. The molecule has 0 aliphatic rings. The monoisotopic (exact) mass is 234 g/mol. The maximum atomic E-state index is 4.19. The minimum atomic E-state index is 0.948. The SMILES string of the molecule is CCCCCCCCNCc1cncc(C)c1.